The quantitative estimate of drug-likeness (QED) is 0.572. The van der Waals surface area contributed by atoms with E-state index in [9.17, 15) is 18.9 Å². The molecule has 0 atom stereocenters. The van der Waals surface area contributed by atoms with Gasteiger partial charge in [0.1, 0.15) is 12.1 Å². The molecule has 0 aliphatic carbocycles. The van der Waals surface area contributed by atoms with Gasteiger partial charge >= 0.3 is 0 Å². The number of hydrogen-bond acceptors (Lipinski definition) is 5. The minimum atomic E-state index is -0.987. The molecule has 0 saturated heterocycles. The first-order valence-corrected chi connectivity index (χ1v) is 7.12. The molecule has 6 nitrogen and oxygen atoms in total. The third kappa shape index (κ3) is 3.12. The second-order valence-electron chi connectivity index (χ2n) is 5.07. The topological polar surface area (TPSA) is 81.0 Å². The van der Waals surface area contributed by atoms with Crippen molar-refractivity contribution in [2.75, 3.05) is 11.9 Å². The van der Waals surface area contributed by atoms with Gasteiger partial charge in [-0.2, -0.15) is 0 Å². The number of halogens is 2. The van der Waals surface area contributed by atoms with Crippen LogP contribution in [0.1, 0.15) is 5.56 Å². The van der Waals surface area contributed by atoms with Gasteiger partial charge in [-0.15, -0.1) is 0 Å². The molecule has 1 N–H and O–H groups in total. The molecule has 0 spiro atoms. The predicted molar refractivity (Wildman–Crippen MR) is 84.7 cm³/mol. The highest BCUT2D eigenvalue weighted by Gasteiger charge is 2.13. The Bertz CT molecular complexity index is 918. The number of anilines is 1. The van der Waals surface area contributed by atoms with Crippen LogP contribution in [0, 0.1) is 21.7 Å². The molecule has 0 fully saturated rings. The van der Waals surface area contributed by atoms with Crippen LogP contribution >= 0.6 is 0 Å². The molecule has 3 rings (SSSR count). The fraction of sp³-hybridized carbons (Fsp3) is 0.125. The van der Waals surface area contributed by atoms with E-state index in [-0.39, 0.29) is 11.2 Å². The molecule has 0 unspecified atom stereocenters. The Hall–Kier alpha value is -3.16. The third-order valence-electron chi connectivity index (χ3n) is 3.55. The molecule has 122 valence electrons. The number of rotatable bonds is 5. The van der Waals surface area contributed by atoms with Crippen LogP contribution in [0.4, 0.5) is 20.3 Å². The van der Waals surface area contributed by atoms with Crippen LogP contribution < -0.4 is 5.32 Å². The summed E-state index contributed by atoms with van der Waals surface area (Å²) in [5, 5.41) is 14.3. The molecule has 24 heavy (non-hydrogen) atoms. The van der Waals surface area contributed by atoms with Gasteiger partial charge in [-0.3, -0.25) is 10.1 Å². The van der Waals surface area contributed by atoms with Crippen molar-refractivity contribution in [3.8, 4) is 0 Å². The summed E-state index contributed by atoms with van der Waals surface area (Å²) in [6.07, 6.45) is 1.62. The number of aromatic nitrogens is 2. The van der Waals surface area contributed by atoms with Crippen LogP contribution in [0.3, 0.4) is 0 Å². The van der Waals surface area contributed by atoms with Crippen LogP contribution in [0.25, 0.3) is 10.9 Å². The average molecular weight is 330 g/mol. The molecule has 0 aliphatic heterocycles. The van der Waals surface area contributed by atoms with Crippen LogP contribution in [0.5, 0.6) is 0 Å². The van der Waals surface area contributed by atoms with Crippen molar-refractivity contribution in [1.29, 1.82) is 0 Å². The number of benzene rings is 2. The summed E-state index contributed by atoms with van der Waals surface area (Å²) in [5.74, 6) is -1.62. The zero-order valence-corrected chi connectivity index (χ0v) is 12.4. The number of nitro groups is 1. The largest absolute Gasteiger partial charge is 0.369 e. The maximum Gasteiger partial charge on any atom is 0.272 e. The van der Waals surface area contributed by atoms with Crippen LogP contribution in [0.15, 0.2) is 42.7 Å². The van der Waals surface area contributed by atoms with E-state index < -0.39 is 16.6 Å². The molecular formula is C16H12F2N4O2. The molecule has 2 aromatic carbocycles. The summed E-state index contributed by atoms with van der Waals surface area (Å²) < 4.78 is 26.7. The van der Waals surface area contributed by atoms with E-state index in [1.54, 1.807) is 18.2 Å². The van der Waals surface area contributed by atoms with Gasteiger partial charge in [0.15, 0.2) is 11.6 Å². The number of fused-ring (bicyclic) bond motifs is 1. The molecule has 3 aromatic rings. The molecular weight excluding hydrogens is 318 g/mol. The van der Waals surface area contributed by atoms with Crippen molar-refractivity contribution in [3.63, 3.8) is 0 Å². The van der Waals surface area contributed by atoms with Gasteiger partial charge in [-0.1, -0.05) is 18.2 Å². The van der Waals surface area contributed by atoms with E-state index in [2.05, 4.69) is 15.3 Å². The van der Waals surface area contributed by atoms with E-state index in [4.69, 9.17) is 0 Å². The number of nitrogens with one attached hydrogen (secondary N) is 1. The minimum Gasteiger partial charge on any atom is -0.369 e. The molecule has 1 aromatic heterocycles. The lowest BCUT2D eigenvalue weighted by atomic mass is 10.1. The smallest absolute Gasteiger partial charge is 0.272 e. The van der Waals surface area contributed by atoms with Crippen molar-refractivity contribution < 1.29 is 13.7 Å². The van der Waals surface area contributed by atoms with Gasteiger partial charge in [0.05, 0.1) is 10.4 Å². The van der Waals surface area contributed by atoms with Crippen molar-refractivity contribution in [2.24, 2.45) is 0 Å². The van der Waals surface area contributed by atoms with Crippen molar-refractivity contribution in [1.82, 2.24) is 9.97 Å². The van der Waals surface area contributed by atoms with Gasteiger partial charge in [-0.25, -0.2) is 18.7 Å². The Morgan fingerprint density at radius 2 is 1.88 bits per heavy atom. The minimum absolute atomic E-state index is 0.0416. The van der Waals surface area contributed by atoms with Crippen LogP contribution in [0.2, 0.25) is 0 Å². The van der Waals surface area contributed by atoms with Gasteiger partial charge in [0.25, 0.3) is 5.69 Å². The molecule has 0 radical (unpaired) electrons. The summed E-state index contributed by atoms with van der Waals surface area (Å²) in [5.41, 5.74) is 0.891. The number of nitrogens with zero attached hydrogens (tertiary/aromatic N) is 3. The average Bonchev–Trinajstić information content (AvgIpc) is 2.57. The molecule has 8 heteroatoms. The van der Waals surface area contributed by atoms with Gasteiger partial charge in [0, 0.05) is 29.6 Å². The highest BCUT2D eigenvalue weighted by atomic mass is 19.2. The van der Waals surface area contributed by atoms with Crippen LogP contribution in [-0.2, 0) is 6.42 Å². The van der Waals surface area contributed by atoms with E-state index >= 15 is 0 Å². The summed E-state index contributed by atoms with van der Waals surface area (Å²) in [6.45, 7) is 0.343. The molecule has 0 amide bonds. The maximum atomic E-state index is 13.4. The first-order valence-electron chi connectivity index (χ1n) is 7.12. The summed E-state index contributed by atoms with van der Waals surface area (Å²) >= 11 is 0. The summed E-state index contributed by atoms with van der Waals surface area (Å²) in [7, 11) is 0. The zero-order valence-electron chi connectivity index (χ0n) is 12.4. The highest BCUT2D eigenvalue weighted by Crippen LogP contribution is 2.23. The van der Waals surface area contributed by atoms with Gasteiger partial charge < -0.3 is 5.32 Å². The Labute approximate surface area is 135 Å². The normalized spacial score (nSPS) is 10.8. The molecule has 1 heterocycles. The lowest BCUT2D eigenvalue weighted by Crippen LogP contribution is -2.08. The van der Waals surface area contributed by atoms with Crippen molar-refractivity contribution in [3.05, 3.63) is 70.0 Å². The van der Waals surface area contributed by atoms with Crippen molar-refractivity contribution >= 4 is 22.4 Å². The van der Waals surface area contributed by atoms with E-state index in [0.29, 0.717) is 29.7 Å². The maximum absolute atomic E-state index is 13.4. The Morgan fingerprint density at radius 1 is 1.12 bits per heavy atom. The predicted octanol–water partition coefficient (Wildman–Crippen LogP) is 3.47. The van der Waals surface area contributed by atoms with E-state index in [1.165, 1.54) is 12.4 Å². The summed E-state index contributed by atoms with van der Waals surface area (Å²) in [4.78, 5) is 18.5. The number of hydrogen-bond donors (Lipinski definition) is 1. The molecule has 0 bridgehead atoms. The zero-order chi connectivity index (χ0) is 17.1. The van der Waals surface area contributed by atoms with Crippen molar-refractivity contribution in [2.45, 2.75) is 6.42 Å². The Morgan fingerprint density at radius 3 is 2.67 bits per heavy atom. The Balaban J connectivity index is 1.80. The first kappa shape index (κ1) is 15.7. The fourth-order valence-electron chi connectivity index (χ4n) is 2.41. The second-order valence-corrected chi connectivity index (χ2v) is 5.07. The lowest BCUT2D eigenvalue weighted by molar-refractivity contribution is -0.385. The SMILES string of the molecule is O=[N+]([O-])c1ccccc1CCNc1ncnc2cc(F)c(F)cc12. The highest BCUT2D eigenvalue weighted by molar-refractivity contribution is 5.88. The fourth-order valence-corrected chi connectivity index (χ4v) is 2.41. The van der Waals surface area contributed by atoms with Gasteiger partial charge in [-0.05, 0) is 12.5 Å². The van der Waals surface area contributed by atoms with Gasteiger partial charge in [0.2, 0.25) is 0 Å². The lowest BCUT2D eigenvalue weighted by Gasteiger charge is -2.09. The van der Waals surface area contributed by atoms with E-state index in [0.717, 1.165) is 12.1 Å². The molecule has 0 aliphatic rings. The standard InChI is InChI=1S/C16H12F2N4O2/c17-12-7-11-14(8-13(12)18)20-9-21-16(11)19-6-5-10-3-1-2-4-15(10)22(23)24/h1-4,7-9H,5-6H2,(H,19,20,21). The third-order valence-corrected chi connectivity index (χ3v) is 3.55. The van der Waals surface area contributed by atoms with Crippen LogP contribution in [-0.4, -0.2) is 21.4 Å². The number of para-hydroxylation sites is 1. The molecule has 0 saturated carbocycles. The Kier molecular flexibility index (Phi) is 4.28. The second kappa shape index (κ2) is 6.53. The number of nitro benzene ring substituents is 1. The summed E-state index contributed by atoms with van der Waals surface area (Å²) in [6, 6.07) is 8.46. The monoisotopic (exact) mass is 330 g/mol. The van der Waals surface area contributed by atoms with E-state index in [1.807, 2.05) is 0 Å². The first-order chi connectivity index (χ1) is 11.6.